The van der Waals surface area contributed by atoms with Crippen LogP contribution in [0.25, 0.3) is 0 Å². The predicted octanol–water partition coefficient (Wildman–Crippen LogP) is 3.75. The summed E-state index contributed by atoms with van der Waals surface area (Å²) in [4.78, 5) is 10.9. The lowest BCUT2D eigenvalue weighted by Gasteiger charge is -2.16. The van der Waals surface area contributed by atoms with E-state index in [0.29, 0.717) is 22.7 Å². The molecule has 0 aliphatic heterocycles. The Labute approximate surface area is 122 Å². The van der Waals surface area contributed by atoms with Gasteiger partial charge in [0, 0.05) is 31.5 Å². The molecule has 2 N–H and O–H groups in total. The maximum atomic E-state index is 10.9. The number of ether oxygens (including phenoxy) is 3. The second-order valence-electron chi connectivity index (χ2n) is 4.29. The second kappa shape index (κ2) is 6.83. The number of nitroso groups, excluding NO2 is 1. The molecule has 0 radical (unpaired) electrons. The van der Waals surface area contributed by atoms with Crippen LogP contribution in [0.2, 0.25) is 0 Å². The third kappa shape index (κ3) is 3.56. The Morgan fingerprint density at radius 3 is 2.38 bits per heavy atom. The zero-order valence-electron chi connectivity index (χ0n) is 11.8. The molecule has 0 amide bonds. The lowest BCUT2D eigenvalue weighted by Crippen LogP contribution is -2.04. The fraction of sp³-hybridized carbons (Fsp3) is 0.200. The van der Waals surface area contributed by atoms with Gasteiger partial charge in [-0.2, -0.15) is 0 Å². The van der Waals surface area contributed by atoms with Crippen LogP contribution in [0, 0.1) is 4.91 Å². The van der Waals surface area contributed by atoms with E-state index >= 15 is 0 Å². The summed E-state index contributed by atoms with van der Waals surface area (Å²) in [6.45, 7) is 0. The summed E-state index contributed by atoms with van der Waals surface area (Å²) in [5.74, 6) is 1.13. The fourth-order valence-electron chi connectivity index (χ4n) is 1.93. The summed E-state index contributed by atoms with van der Waals surface area (Å²) >= 11 is 0. The molecule has 2 aromatic rings. The minimum absolute atomic E-state index is 0.239. The lowest BCUT2D eigenvalue weighted by molar-refractivity contribution is -0.105. The molecule has 21 heavy (non-hydrogen) atoms. The molecule has 110 valence electrons. The first-order valence-electron chi connectivity index (χ1n) is 6.24. The van der Waals surface area contributed by atoms with E-state index in [1.807, 2.05) is 0 Å². The van der Waals surface area contributed by atoms with Crippen molar-refractivity contribution in [1.29, 1.82) is 0 Å². The molecule has 0 spiro atoms. The van der Waals surface area contributed by atoms with Crippen molar-refractivity contribution < 1.29 is 14.2 Å². The minimum Gasteiger partial charge on any atom is -0.457 e. The van der Waals surface area contributed by atoms with Gasteiger partial charge >= 0.3 is 0 Å². The standard InChI is InChI=1S/C15H16N2O4/c1-19-15(20-2)13-9-12(6-7-14(13)17-18)21-11-5-3-4-10(16)8-11/h3-9,15H,16H2,1-2H3. The first-order chi connectivity index (χ1) is 10.2. The molecule has 0 saturated heterocycles. The van der Waals surface area contributed by atoms with E-state index in [0.717, 1.165) is 0 Å². The molecule has 0 aromatic heterocycles. The van der Waals surface area contributed by atoms with E-state index in [9.17, 15) is 4.91 Å². The molecular weight excluding hydrogens is 272 g/mol. The maximum Gasteiger partial charge on any atom is 0.185 e. The Kier molecular flexibility index (Phi) is 4.86. The smallest absolute Gasteiger partial charge is 0.185 e. The van der Waals surface area contributed by atoms with Gasteiger partial charge in [-0.1, -0.05) is 6.07 Å². The van der Waals surface area contributed by atoms with Gasteiger partial charge in [0.05, 0.1) is 0 Å². The molecule has 6 heteroatoms. The fourth-order valence-corrected chi connectivity index (χ4v) is 1.93. The third-order valence-electron chi connectivity index (χ3n) is 2.87. The van der Waals surface area contributed by atoms with Crippen molar-refractivity contribution in [3.8, 4) is 11.5 Å². The molecule has 2 aromatic carbocycles. The number of methoxy groups -OCH3 is 2. The minimum atomic E-state index is -0.693. The van der Waals surface area contributed by atoms with Crippen LogP contribution >= 0.6 is 0 Å². The molecule has 0 fully saturated rings. The van der Waals surface area contributed by atoms with Gasteiger partial charge in [-0.05, 0) is 35.5 Å². The number of benzene rings is 2. The molecule has 0 atom stereocenters. The predicted molar refractivity (Wildman–Crippen MR) is 79.6 cm³/mol. The highest BCUT2D eigenvalue weighted by Crippen LogP contribution is 2.33. The van der Waals surface area contributed by atoms with Gasteiger partial charge in [0.15, 0.2) is 6.29 Å². The van der Waals surface area contributed by atoms with Gasteiger partial charge in [0.1, 0.15) is 17.2 Å². The summed E-state index contributed by atoms with van der Waals surface area (Å²) < 4.78 is 16.0. The first-order valence-corrected chi connectivity index (χ1v) is 6.24. The quantitative estimate of drug-likeness (QED) is 0.497. The molecule has 0 bridgehead atoms. The number of nitrogen functional groups attached to an aromatic ring is 1. The van der Waals surface area contributed by atoms with Crippen molar-refractivity contribution in [1.82, 2.24) is 0 Å². The summed E-state index contributed by atoms with van der Waals surface area (Å²) in [6.07, 6.45) is -0.693. The van der Waals surface area contributed by atoms with Crippen LogP contribution in [0.15, 0.2) is 47.6 Å². The van der Waals surface area contributed by atoms with Crippen LogP contribution in [0.3, 0.4) is 0 Å². The second-order valence-corrected chi connectivity index (χ2v) is 4.29. The van der Waals surface area contributed by atoms with Crippen molar-refractivity contribution in [2.24, 2.45) is 5.18 Å². The SMILES string of the molecule is COC(OC)c1cc(Oc2cccc(N)c2)ccc1N=O. The van der Waals surface area contributed by atoms with Crippen LogP contribution in [0.1, 0.15) is 11.9 Å². The van der Waals surface area contributed by atoms with Crippen molar-refractivity contribution in [3.63, 3.8) is 0 Å². The van der Waals surface area contributed by atoms with E-state index < -0.39 is 6.29 Å². The average Bonchev–Trinajstić information content (AvgIpc) is 2.49. The number of nitrogens with two attached hydrogens (primary N) is 1. The summed E-state index contributed by atoms with van der Waals surface area (Å²) in [6, 6.07) is 11.9. The Morgan fingerprint density at radius 1 is 1.05 bits per heavy atom. The highest BCUT2D eigenvalue weighted by atomic mass is 16.7. The molecule has 0 heterocycles. The van der Waals surface area contributed by atoms with Crippen LogP contribution < -0.4 is 10.5 Å². The van der Waals surface area contributed by atoms with E-state index in [1.165, 1.54) is 14.2 Å². The molecule has 0 saturated carbocycles. The first kappa shape index (κ1) is 15.0. The number of anilines is 1. The van der Waals surface area contributed by atoms with Gasteiger partial charge in [0.25, 0.3) is 0 Å². The van der Waals surface area contributed by atoms with E-state index in [-0.39, 0.29) is 5.69 Å². The van der Waals surface area contributed by atoms with Gasteiger partial charge in [0.2, 0.25) is 0 Å². The van der Waals surface area contributed by atoms with E-state index in [2.05, 4.69) is 5.18 Å². The average molecular weight is 288 g/mol. The molecule has 0 unspecified atom stereocenters. The number of hydrogen-bond acceptors (Lipinski definition) is 6. The van der Waals surface area contributed by atoms with Crippen molar-refractivity contribution in [3.05, 3.63) is 52.9 Å². The van der Waals surface area contributed by atoms with Crippen molar-refractivity contribution in [2.75, 3.05) is 20.0 Å². The van der Waals surface area contributed by atoms with Crippen LogP contribution in [-0.4, -0.2) is 14.2 Å². The van der Waals surface area contributed by atoms with Crippen LogP contribution in [-0.2, 0) is 9.47 Å². The van der Waals surface area contributed by atoms with Gasteiger partial charge in [-0.25, -0.2) is 0 Å². The zero-order valence-corrected chi connectivity index (χ0v) is 11.8. The monoisotopic (exact) mass is 288 g/mol. The van der Waals surface area contributed by atoms with Gasteiger partial charge in [-0.3, -0.25) is 0 Å². The molecular formula is C15H16N2O4. The molecule has 0 aliphatic carbocycles. The Hall–Kier alpha value is -2.44. The largest absolute Gasteiger partial charge is 0.457 e. The number of rotatable bonds is 6. The van der Waals surface area contributed by atoms with Gasteiger partial charge in [-0.15, -0.1) is 4.91 Å². The van der Waals surface area contributed by atoms with E-state index in [4.69, 9.17) is 19.9 Å². The number of nitrogens with zero attached hydrogens (tertiary/aromatic N) is 1. The zero-order chi connectivity index (χ0) is 15.2. The highest BCUT2D eigenvalue weighted by Gasteiger charge is 2.16. The van der Waals surface area contributed by atoms with Crippen LogP contribution in [0.5, 0.6) is 11.5 Å². The Balaban J connectivity index is 2.33. The van der Waals surface area contributed by atoms with E-state index in [1.54, 1.807) is 42.5 Å². The topological polar surface area (TPSA) is 83.1 Å². The Morgan fingerprint density at radius 2 is 1.76 bits per heavy atom. The maximum absolute atomic E-state index is 10.9. The summed E-state index contributed by atoms with van der Waals surface area (Å²) in [7, 11) is 2.96. The van der Waals surface area contributed by atoms with Crippen LogP contribution in [0.4, 0.5) is 11.4 Å². The molecule has 6 nitrogen and oxygen atoms in total. The Bertz CT molecular complexity index is 627. The summed E-state index contributed by atoms with van der Waals surface area (Å²) in [5, 5.41) is 2.96. The summed E-state index contributed by atoms with van der Waals surface area (Å²) in [5.41, 5.74) is 7.04. The normalized spacial score (nSPS) is 10.6. The van der Waals surface area contributed by atoms with Crippen molar-refractivity contribution in [2.45, 2.75) is 6.29 Å². The molecule has 2 rings (SSSR count). The molecule has 0 aliphatic rings. The third-order valence-corrected chi connectivity index (χ3v) is 2.87. The van der Waals surface area contributed by atoms with Crippen molar-refractivity contribution >= 4 is 11.4 Å². The lowest BCUT2D eigenvalue weighted by atomic mass is 10.1. The van der Waals surface area contributed by atoms with Gasteiger partial charge < -0.3 is 19.9 Å². The number of hydrogen-bond donors (Lipinski definition) is 1. The highest BCUT2D eigenvalue weighted by molar-refractivity contribution is 5.52.